The number of aromatic nitrogens is 2. The molecule has 0 radical (unpaired) electrons. The Kier molecular flexibility index (Phi) is 5.52. The van der Waals surface area contributed by atoms with Gasteiger partial charge in [0.1, 0.15) is 0 Å². The van der Waals surface area contributed by atoms with Crippen LogP contribution in [0.25, 0.3) is 38.6 Å². The van der Waals surface area contributed by atoms with Gasteiger partial charge in [0.05, 0.1) is 22.7 Å². The summed E-state index contributed by atoms with van der Waals surface area (Å²) in [6.45, 7) is 15.6. The SMILES string of the molecule is Cc1cc(C#N)c(-c2ccncc2)cc1-n1c2cc(C(C)(C)C)ccc2c2ccc(C(C)(C)C)cc21. The fourth-order valence-electron chi connectivity index (χ4n) is 5.01. The third-order valence-corrected chi connectivity index (χ3v) is 7.19. The van der Waals surface area contributed by atoms with Crippen LogP contribution in [-0.4, -0.2) is 9.55 Å². The number of aryl methyl sites for hydroxylation is 1. The van der Waals surface area contributed by atoms with Crippen molar-refractivity contribution in [3.8, 4) is 22.9 Å². The molecule has 0 aliphatic rings. The summed E-state index contributed by atoms with van der Waals surface area (Å²) in [4.78, 5) is 4.18. The number of hydrogen-bond donors (Lipinski definition) is 0. The van der Waals surface area contributed by atoms with Gasteiger partial charge in [0.25, 0.3) is 0 Å². The van der Waals surface area contributed by atoms with Gasteiger partial charge in [0.2, 0.25) is 0 Å². The molecule has 0 bridgehead atoms. The van der Waals surface area contributed by atoms with Crippen molar-refractivity contribution in [1.29, 1.82) is 5.26 Å². The van der Waals surface area contributed by atoms with E-state index >= 15 is 0 Å². The van der Waals surface area contributed by atoms with Crippen molar-refractivity contribution in [2.75, 3.05) is 0 Å². The van der Waals surface area contributed by atoms with Crippen molar-refractivity contribution in [2.45, 2.75) is 59.3 Å². The van der Waals surface area contributed by atoms with Crippen LogP contribution in [0, 0.1) is 18.3 Å². The van der Waals surface area contributed by atoms with Crippen LogP contribution in [0.4, 0.5) is 0 Å². The van der Waals surface area contributed by atoms with Gasteiger partial charge in [-0.25, -0.2) is 0 Å². The zero-order chi connectivity index (χ0) is 25.8. The molecule has 0 spiro atoms. The average Bonchev–Trinajstić information content (AvgIpc) is 3.16. The molecule has 2 heterocycles. The van der Waals surface area contributed by atoms with Crippen molar-refractivity contribution < 1.29 is 0 Å². The Morgan fingerprint density at radius 3 is 1.72 bits per heavy atom. The first-order valence-electron chi connectivity index (χ1n) is 12.5. The minimum Gasteiger partial charge on any atom is -0.309 e. The van der Waals surface area contributed by atoms with E-state index in [2.05, 4.69) is 107 Å². The third-order valence-electron chi connectivity index (χ3n) is 7.19. The smallest absolute Gasteiger partial charge is 0.0998 e. The van der Waals surface area contributed by atoms with Crippen molar-refractivity contribution in [2.24, 2.45) is 0 Å². The highest BCUT2D eigenvalue weighted by Crippen LogP contribution is 2.39. The minimum atomic E-state index is 0.0357. The first-order valence-corrected chi connectivity index (χ1v) is 12.5. The monoisotopic (exact) mass is 471 g/mol. The number of nitrogens with zero attached hydrogens (tertiary/aromatic N) is 3. The van der Waals surface area contributed by atoms with E-state index < -0.39 is 0 Å². The number of pyridine rings is 1. The van der Waals surface area contributed by atoms with Gasteiger partial charge in [0, 0.05) is 34.4 Å². The lowest BCUT2D eigenvalue weighted by Crippen LogP contribution is -2.11. The molecule has 0 unspecified atom stereocenters. The lowest BCUT2D eigenvalue weighted by Gasteiger charge is -2.21. The van der Waals surface area contributed by atoms with E-state index in [1.807, 2.05) is 18.2 Å². The van der Waals surface area contributed by atoms with Crippen LogP contribution >= 0.6 is 0 Å². The summed E-state index contributed by atoms with van der Waals surface area (Å²) < 4.78 is 2.40. The highest BCUT2D eigenvalue weighted by Gasteiger charge is 2.22. The predicted octanol–water partition coefficient (Wildman–Crippen LogP) is 8.62. The van der Waals surface area contributed by atoms with Crippen molar-refractivity contribution in [3.63, 3.8) is 0 Å². The van der Waals surface area contributed by atoms with Gasteiger partial charge < -0.3 is 4.57 Å². The van der Waals surface area contributed by atoms with Crippen LogP contribution in [0.2, 0.25) is 0 Å². The molecular formula is C33H33N3. The van der Waals surface area contributed by atoms with E-state index in [9.17, 15) is 5.26 Å². The highest BCUT2D eigenvalue weighted by molar-refractivity contribution is 6.10. The Morgan fingerprint density at radius 1 is 0.722 bits per heavy atom. The van der Waals surface area contributed by atoms with Crippen LogP contribution in [0.3, 0.4) is 0 Å². The summed E-state index contributed by atoms with van der Waals surface area (Å²) in [5, 5.41) is 12.4. The van der Waals surface area contributed by atoms with Crippen LogP contribution in [-0.2, 0) is 10.8 Å². The quantitative estimate of drug-likeness (QED) is 0.258. The van der Waals surface area contributed by atoms with Crippen LogP contribution in [0.5, 0.6) is 0 Å². The summed E-state index contributed by atoms with van der Waals surface area (Å²) in [6.07, 6.45) is 3.56. The van der Waals surface area contributed by atoms with E-state index in [4.69, 9.17) is 0 Å². The van der Waals surface area contributed by atoms with Gasteiger partial charge in [-0.3, -0.25) is 4.98 Å². The maximum atomic E-state index is 9.95. The van der Waals surface area contributed by atoms with Gasteiger partial charge in [-0.15, -0.1) is 0 Å². The molecular weight excluding hydrogens is 438 g/mol. The number of nitriles is 1. The molecule has 0 aliphatic carbocycles. The lowest BCUT2D eigenvalue weighted by atomic mass is 9.86. The fraction of sp³-hybridized carbons (Fsp3) is 0.273. The topological polar surface area (TPSA) is 41.6 Å². The van der Waals surface area contributed by atoms with E-state index in [0.29, 0.717) is 5.56 Å². The molecule has 0 aliphatic heterocycles. The van der Waals surface area contributed by atoms with Crippen LogP contribution in [0.15, 0.2) is 73.1 Å². The molecule has 2 aromatic heterocycles. The molecule has 0 amide bonds. The zero-order valence-electron chi connectivity index (χ0n) is 22.3. The maximum Gasteiger partial charge on any atom is 0.0998 e. The molecule has 0 atom stereocenters. The Bertz CT molecular complexity index is 1580. The molecule has 0 fully saturated rings. The summed E-state index contributed by atoms with van der Waals surface area (Å²) in [5.74, 6) is 0. The Labute approximate surface area is 214 Å². The number of benzene rings is 3. The minimum absolute atomic E-state index is 0.0357. The molecule has 0 N–H and O–H groups in total. The average molecular weight is 472 g/mol. The Balaban J connectivity index is 1.93. The predicted molar refractivity (Wildman–Crippen MR) is 151 cm³/mol. The standard InChI is InChI=1S/C33H33N3/c1-21-16-23(20-34)28(22-12-14-35-15-13-22)19-29(21)36-30-17-24(32(2,3)4)8-10-26(30)27-11-9-25(18-31(27)36)33(5,6)7/h8-19H,1-7H3. The van der Waals surface area contributed by atoms with E-state index in [-0.39, 0.29) is 10.8 Å². The van der Waals surface area contributed by atoms with Crippen molar-refractivity contribution in [3.05, 3.63) is 95.3 Å². The molecule has 5 aromatic rings. The normalized spacial score (nSPS) is 12.3. The molecule has 3 heteroatoms. The summed E-state index contributed by atoms with van der Waals surface area (Å²) >= 11 is 0. The van der Waals surface area contributed by atoms with Gasteiger partial charge in [-0.1, -0.05) is 65.8 Å². The van der Waals surface area contributed by atoms with E-state index in [0.717, 1.165) is 22.4 Å². The summed E-state index contributed by atoms with van der Waals surface area (Å²) in [7, 11) is 0. The number of hydrogen-bond acceptors (Lipinski definition) is 2. The van der Waals surface area contributed by atoms with Gasteiger partial charge in [-0.2, -0.15) is 5.26 Å². The Morgan fingerprint density at radius 2 is 1.25 bits per heavy atom. The van der Waals surface area contributed by atoms with E-state index in [1.54, 1.807) is 12.4 Å². The number of fused-ring (bicyclic) bond motifs is 3. The Hall–Kier alpha value is -3.90. The van der Waals surface area contributed by atoms with Crippen LogP contribution < -0.4 is 0 Å². The zero-order valence-corrected chi connectivity index (χ0v) is 22.3. The molecule has 5 rings (SSSR count). The summed E-state index contributed by atoms with van der Waals surface area (Å²) in [6, 6.07) is 24.3. The molecule has 0 saturated heterocycles. The molecule has 3 nitrogen and oxygen atoms in total. The third kappa shape index (κ3) is 3.97. The second-order valence-corrected chi connectivity index (χ2v) is 11.8. The molecule has 36 heavy (non-hydrogen) atoms. The molecule has 180 valence electrons. The molecule has 0 saturated carbocycles. The van der Waals surface area contributed by atoms with Crippen molar-refractivity contribution >= 4 is 21.8 Å². The lowest BCUT2D eigenvalue weighted by molar-refractivity contribution is 0.591. The van der Waals surface area contributed by atoms with E-state index in [1.165, 1.54) is 32.9 Å². The van der Waals surface area contributed by atoms with Crippen LogP contribution in [0.1, 0.15) is 63.8 Å². The second kappa shape index (κ2) is 8.35. The first-order chi connectivity index (χ1) is 17.0. The van der Waals surface area contributed by atoms with Gasteiger partial charge >= 0.3 is 0 Å². The highest BCUT2D eigenvalue weighted by atomic mass is 15.0. The maximum absolute atomic E-state index is 9.95. The summed E-state index contributed by atoms with van der Waals surface area (Å²) in [5.41, 5.74) is 9.82. The first kappa shape index (κ1) is 23.8. The molecule has 3 aromatic carbocycles. The van der Waals surface area contributed by atoms with Gasteiger partial charge in [-0.05, 0) is 76.4 Å². The largest absolute Gasteiger partial charge is 0.309 e. The van der Waals surface area contributed by atoms with Crippen molar-refractivity contribution in [1.82, 2.24) is 9.55 Å². The fourth-order valence-corrected chi connectivity index (χ4v) is 5.01. The second-order valence-electron chi connectivity index (χ2n) is 11.8. The number of rotatable bonds is 2. The van der Waals surface area contributed by atoms with Gasteiger partial charge in [0.15, 0.2) is 0 Å².